The number of halogens is 1. The highest BCUT2D eigenvalue weighted by Gasteiger charge is 2.21. The molecule has 1 heterocycles. The van der Waals surface area contributed by atoms with E-state index >= 15 is 0 Å². The Hall–Kier alpha value is -2.02. The van der Waals surface area contributed by atoms with Gasteiger partial charge in [-0.05, 0) is 54.3 Å². The Labute approximate surface area is 144 Å². The van der Waals surface area contributed by atoms with Crippen molar-refractivity contribution in [3.05, 3.63) is 52.6 Å². The van der Waals surface area contributed by atoms with Gasteiger partial charge in [-0.1, -0.05) is 6.07 Å². The SMILES string of the molecule is CSCc1cc(F)ccc1CNC(=O)NC1CCc2[nH]ncc2C1. The fraction of sp³-hybridized carbons (Fsp3) is 0.412. The van der Waals surface area contributed by atoms with Crippen LogP contribution >= 0.6 is 11.8 Å². The summed E-state index contributed by atoms with van der Waals surface area (Å²) < 4.78 is 13.4. The minimum absolute atomic E-state index is 0.119. The summed E-state index contributed by atoms with van der Waals surface area (Å²) in [4.78, 5) is 12.1. The van der Waals surface area contributed by atoms with Gasteiger partial charge in [-0.15, -0.1) is 0 Å². The van der Waals surface area contributed by atoms with Crippen LogP contribution in [0.3, 0.4) is 0 Å². The third kappa shape index (κ3) is 4.08. The molecular formula is C17H21FN4OS. The van der Waals surface area contributed by atoms with Crippen LogP contribution in [-0.2, 0) is 25.1 Å². The number of hydrogen-bond acceptors (Lipinski definition) is 3. The van der Waals surface area contributed by atoms with Crippen LogP contribution in [0.15, 0.2) is 24.4 Å². The Bertz CT molecular complexity index is 718. The molecule has 1 aromatic carbocycles. The van der Waals surface area contributed by atoms with Crippen molar-refractivity contribution in [2.24, 2.45) is 0 Å². The Kier molecular flexibility index (Phi) is 5.40. The maximum absolute atomic E-state index is 13.4. The fourth-order valence-electron chi connectivity index (χ4n) is 3.01. The first-order valence-corrected chi connectivity index (χ1v) is 9.37. The molecule has 0 spiro atoms. The molecule has 24 heavy (non-hydrogen) atoms. The van der Waals surface area contributed by atoms with E-state index in [1.54, 1.807) is 17.8 Å². The van der Waals surface area contributed by atoms with Gasteiger partial charge in [0.2, 0.25) is 0 Å². The molecule has 1 aliphatic carbocycles. The zero-order chi connectivity index (χ0) is 16.9. The van der Waals surface area contributed by atoms with Crippen molar-refractivity contribution in [3.8, 4) is 0 Å². The van der Waals surface area contributed by atoms with Crippen LogP contribution in [0.2, 0.25) is 0 Å². The standard InChI is InChI=1S/C17H21FN4OS/c1-24-10-13-6-14(18)3-2-11(13)8-19-17(23)21-15-4-5-16-12(7-15)9-20-22-16/h2-3,6,9,15H,4-5,7-8,10H2,1H3,(H,20,22)(H2,19,21,23). The van der Waals surface area contributed by atoms with Gasteiger partial charge >= 0.3 is 6.03 Å². The largest absolute Gasteiger partial charge is 0.335 e. The number of thioether (sulfide) groups is 1. The fourth-order valence-corrected chi connectivity index (χ4v) is 3.59. The highest BCUT2D eigenvalue weighted by atomic mass is 32.2. The molecule has 1 aromatic heterocycles. The minimum atomic E-state index is -0.245. The summed E-state index contributed by atoms with van der Waals surface area (Å²) in [6, 6.07) is 4.63. The number of carbonyl (C=O) groups is 1. The molecule has 0 radical (unpaired) electrons. The molecule has 7 heteroatoms. The number of urea groups is 1. The lowest BCUT2D eigenvalue weighted by Crippen LogP contribution is -2.44. The molecule has 3 rings (SSSR count). The number of fused-ring (bicyclic) bond motifs is 1. The molecule has 0 fully saturated rings. The van der Waals surface area contributed by atoms with E-state index in [0.29, 0.717) is 6.54 Å². The minimum Gasteiger partial charge on any atom is -0.335 e. The summed E-state index contributed by atoms with van der Waals surface area (Å²) in [6.45, 7) is 0.395. The van der Waals surface area contributed by atoms with Gasteiger partial charge in [-0.25, -0.2) is 9.18 Å². The average Bonchev–Trinajstić information content (AvgIpc) is 3.02. The zero-order valence-electron chi connectivity index (χ0n) is 13.6. The third-order valence-corrected chi connectivity index (χ3v) is 4.86. The highest BCUT2D eigenvalue weighted by Crippen LogP contribution is 2.19. The molecular weight excluding hydrogens is 327 g/mol. The van der Waals surface area contributed by atoms with E-state index in [2.05, 4.69) is 20.8 Å². The van der Waals surface area contributed by atoms with Crippen LogP contribution in [0.1, 0.15) is 28.8 Å². The summed E-state index contributed by atoms with van der Waals surface area (Å²) in [5, 5.41) is 12.9. The molecule has 1 unspecified atom stereocenters. The van der Waals surface area contributed by atoms with E-state index in [-0.39, 0.29) is 17.9 Å². The van der Waals surface area contributed by atoms with Gasteiger partial charge in [-0.3, -0.25) is 5.10 Å². The predicted octanol–water partition coefficient (Wildman–Crippen LogP) is 2.77. The van der Waals surface area contributed by atoms with Gasteiger partial charge in [0.15, 0.2) is 0 Å². The lowest BCUT2D eigenvalue weighted by molar-refractivity contribution is 0.235. The van der Waals surface area contributed by atoms with E-state index in [1.165, 1.54) is 23.4 Å². The monoisotopic (exact) mass is 348 g/mol. The predicted molar refractivity (Wildman–Crippen MR) is 93.4 cm³/mol. The Morgan fingerprint density at radius 2 is 2.33 bits per heavy atom. The number of aromatic nitrogens is 2. The van der Waals surface area contributed by atoms with Crippen LogP contribution < -0.4 is 10.6 Å². The van der Waals surface area contributed by atoms with Crippen molar-refractivity contribution in [2.45, 2.75) is 37.6 Å². The lowest BCUT2D eigenvalue weighted by Gasteiger charge is -2.23. The summed E-state index contributed by atoms with van der Waals surface area (Å²) in [5.41, 5.74) is 4.21. The highest BCUT2D eigenvalue weighted by molar-refractivity contribution is 7.97. The average molecular weight is 348 g/mol. The van der Waals surface area contributed by atoms with Crippen molar-refractivity contribution in [1.82, 2.24) is 20.8 Å². The molecule has 2 amide bonds. The van der Waals surface area contributed by atoms with Crippen LogP contribution in [-0.4, -0.2) is 28.5 Å². The number of rotatable bonds is 5. The molecule has 1 atom stereocenters. The molecule has 1 aliphatic rings. The van der Waals surface area contributed by atoms with Gasteiger partial charge in [-0.2, -0.15) is 16.9 Å². The van der Waals surface area contributed by atoms with Crippen molar-refractivity contribution in [3.63, 3.8) is 0 Å². The summed E-state index contributed by atoms with van der Waals surface area (Å²) in [5.74, 6) is 0.479. The molecule has 0 saturated heterocycles. The van der Waals surface area contributed by atoms with E-state index in [9.17, 15) is 9.18 Å². The van der Waals surface area contributed by atoms with Gasteiger partial charge in [0, 0.05) is 24.0 Å². The summed E-state index contributed by atoms with van der Waals surface area (Å²) >= 11 is 1.63. The first kappa shape index (κ1) is 16.8. The normalized spacial score (nSPS) is 16.5. The number of carbonyl (C=O) groups excluding carboxylic acids is 1. The van der Waals surface area contributed by atoms with Crippen molar-refractivity contribution < 1.29 is 9.18 Å². The Balaban J connectivity index is 1.53. The molecule has 0 bridgehead atoms. The number of benzene rings is 1. The van der Waals surface area contributed by atoms with Gasteiger partial charge in [0.1, 0.15) is 5.82 Å². The number of aromatic amines is 1. The summed E-state index contributed by atoms with van der Waals surface area (Å²) in [6.07, 6.45) is 6.40. The van der Waals surface area contributed by atoms with Crippen LogP contribution in [0.25, 0.3) is 0 Å². The Morgan fingerprint density at radius 1 is 1.46 bits per heavy atom. The number of aryl methyl sites for hydroxylation is 1. The third-order valence-electron chi connectivity index (χ3n) is 4.26. The number of nitrogens with one attached hydrogen (secondary N) is 3. The summed E-state index contributed by atoms with van der Waals surface area (Å²) in [7, 11) is 0. The lowest BCUT2D eigenvalue weighted by atomic mass is 9.94. The second-order valence-electron chi connectivity index (χ2n) is 5.99. The van der Waals surface area contributed by atoms with Crippen molar-refractivity contribution in [2.75, 3.05) is 6.26 Å². The quantitative estimate of drug-likeness (QED) is 0.778. The van der Waals surface area contributed by atoms with Crippen LogP contribution in [0, 0.1) is 5.82 Å². The molecule has 0 saturated carbocycles. The number of H-pyrrole nitrogens is 1. The van der Waals surface area contributed by atoms with Crippen molar-refractivity contribution in [1.29, 1.82) is 0 Å². The van der Waals surface area contributed by atoms with Gasteiger partial charge in [0.25, 0.3) is 0 Å². The van der Waals surface area contributed by atoms with Crippen LogP contribution in [0.4, 0.5) is 9.18 Å². The number of hydrogen-bond donors (Lipinski definition) is 3. The van der Waals surface area contributed by atoms with E-state index in [0.717, 1.165) is 36.1 Å². The van der Waals surface area contributed by atoms with E-state index in [1.807, 2.05) is 12.5 Å². The Morgan fingerprint density at radius 3 is 3.17 bits per heavy atom. The first-order chi connectivity index (χ1) is 11.7. The second-order valence-corrected chi connectivity index (χ2v) is 6.85. The topological polar surface area (TPSA) is 69.8 Å². The number of amides is 2. The van der Waals surface area contributed by atoms with Gasteiger partial charge in [0.05, 0.1) is 6.20 Å². The van der Waals surface area contributed by atoms with Gasteiger partial charge < -0.3 is 10.6 Å². The molecule has 0 aliphatic heterocycles. The maximum Gasteiger partial charge on any atom is 0.315 e. The van der Waals surface area contributed by atoms with E-state index in [4.69, 9.17) is 0 Å². The smallest absolute Gasteiger partial charge is 0.315 e. The second kappa shape index (κ2) is 7.70. The molecule has 5 nitrogen and oxygen atoms in total. The number of nitrogens with zero attached hydrogens (tertiary/aromatic N) is 1. The zero-order valence-corrected chi connectivity index (χ0v) is 14.4. The molecule has 2 aromatic rings. The maximum atomic E-state index is 13.4. The van der Waals surface area contributed by atoms with Crippen LogP contribution in [0.5, 0.6) is 0 Å². The van der Waals surface area contributed by atoms with E-state index < -0.39 is 0 Å². The van der Waals surface area contributed by atoms with Crippen molar-refractivity contribution >= 4 is 17.8 Å². The first-order valence-electron chi connectivity index (χ1n) is 7.97. The molecule has 128 valence electrons. The molecule has 3 N–H and O–H groups in total.